The van der Waals surface area contributed by atoms with Gasteiger partial charge in [-0.25, -0.2) is 4.98 Å². The summed E-state index contributed by atoms with van der Waals surface area (Å²) >= 11 is 1.23. The molecule has 4 heterocycles. The zero-order chi connectivity index (χ0) is 22.4. The van der Waals surface area contributed by atoms with Gasteiger partial charge in [0, 0.05) is 24.1 Å². The molecule has 1 unspecified atom stereocenters. The van der Waals surface area contributed by atoms with E-state index in [0.717, 1.165) is 10.5 Å². The predicted octanol–water partition coefficient (Wildman–Crippen LogP) is 0.0228. The van der Waals surface area contributed by atoms with Gasteiger partial charge >= 0.3 is 0 Å². The van der Waals surface area contributed by atoms with E-state index in [9.17, 15) is 19.2 Å². The first-order chi connectivity index (χ1) is 15.4. The minimum Gasteiger partial charge on any atom is -0.360 e. The van der Waals surface area contributed by atoms with Crippen LogP contribution in [0.5, 0.6) is 0 Å². The fourth-order valence-electron chi connectivity index (χ4n) is 4.34. The van der Waals surface area contributed by atoms with E-state index in [1.807, 2.05) is 17.0 Å². The molecule has 0 bridgehead atoms. The summed E-state index contributed by atoms with van der Waals surface area (Å²) < 4.78 is 4.40. The van der Waals surface area contributed by atoms with Gasteiger partial charge in [-0.1, -0.05) is 29.7 Å². The Morgan fingerprint density at radius 2 is 2.00 bits per heavy atom. The average molecular weight is 447 g/mol. The predicted molar refractivity (Wildman–Crippen MR) is 115 cm³/mol. The highest BCUT2D eigenvalue weighted by atomic mass is 32.1. The first kappa shape index (κ1) is 20.6. The maximum atomic E-state index is 13.2. The van der Waals surface area contributed by atoms with Gasteiger partial charge in [0.25, 0.3) is 11.8 Å². The normalized spacial score (nSPS) is 21.3. The highest BCUT2D eigenvalue weighted by Gasteiger charge is 2.48. The van der Waals surface area contributed by atoms with Crippen molar-refractivity contribution in [1.82, 2.24) is 24.5 Å². The number of hydrogen-bond donors (Lipinski definition) is 1. The van der Waals surface area contributed by atoms with Crippen molar-refractivity contribution >= 4 is 48.5 Å². The molecule has 1 aromatic carbocycles. The molecule has 9 nitrogen and oxygen atoms in total. The van der Waals surface area contributed by atoms with E-state index in [1.165, 1.54) is 11.5 Å². The third-order valence-electron chi connectivity index (χ3n) is 5.82. The molecule has 1 aromatic heterocycles. The Morgan fingerprint density at radius 1 is 1.16 bits per heavy atom. The second-order valence-corrected chi connectivity index (χ2v) is 8.77. The van der Waals surface area contributed by atoms with Gasteiger partial charge in [0.05, 0.1) is 6.54 Å². The van der Waals surface area contributed by atoms with E-state index < -0.39 is 29.7 Å². The Bertz CT molecular complexity index is 1190. The lowest BCUT2D eigenvalue weighted by molar-refractivity contribution is -0.150. The van der Waals surface area contributed by atoms with E-state index in [1.54, 1.807) is 12.1 Å². The van der Waals surface area contributed by atoms with Gasteiger partial charge in [-0.05, 0) is 30.8 Å². The number of piperidine rings is 1. The van der Waals surface area contributed by atoms with E-state index in [4.69, 9.17) is 7.85 Å². The van der Waals surface area contributed by atoms with Crippen molar-refractivity contribution < 1.29 is 19.2 Å². The molecule has 1 fully saturated rings. The topological polar surface area (TPSA) is 113 Å². The second kappa shape index (κ2) is 7.97. The Hall–Kier alpha value is -3.34. The molecule has 2 aromatic rings. The first-order valence-electron chi connectivity index (χ1n) is 10.3. The molecule has 3 aliphatic rings. The number of nitrogens with zero attached hydrogens (tertiary/aromatic N) is 4. The van der Waals surface area contributed by atoms with Crippen molar-refractivity contribution in [2.24, 2.45) is 0 Å². The van der Waals surface area contributed by atoms with Crippen molar-refractivity contribution in [3.63, 3.8) is 0 Å². The van der Waals surface area contributed by atoms with Crippen molar-refractivity contribution in [2.45, 2.75) is 38.3 Å². The SMILES string of the molecule is [B]c1cccc(-c2nsc(CN3CCCC4=C3C(=O)N(C3CCC(=O)NC3=O)C4=O)n2)c1. The number of hydrogen-bond acceptors (Lipinski definition) is 8. The number of carbonyl (C=O) groups is 4. The maximum Gasteiger partial charge on any atom is 0.278 e. The smallest absolute Gasteiger partial charge is 0.278 e. The molecule has 0 saturated carbocycles. The lowest BCUT2D eigenvalue weighted by Gasteiger charge is -2.30. The molecule has 0 spiro atoms. The molecule has 32 heavy (non-hydrogen) atoms. The van der Waals surface area contributed by atoms with Crippen LogP contribution in [0.25, 0.3) is 11.4 Å². The number of aromatic nitrogens is 2. The second-order valence-electron chi connectivity index (χ2n) is 7.94. The minimum atomic E-state index is -0.961. The molecular formula is C21H18BN5O4S. The standard InChI is InChI=1S/C21H18BN5O4S/c22-12-4-1-3-11(9-12)18-24-16(32-25-18)10-26-8-2-5-13-17(26)21(31)27(20(13)30)14-6-7-15(28)23-19(14)29/h1,3-4,9,14H,2,5-8,10H2,(H,23,28,29). The van der Waals surface area contributed by atoms with Crippen LogP contribution in [0.4, 0.5) is 0 Å². The summed E-state index contributed by atoms with van der Waals surface area (Å²) in [5.41, 5.74) is 2.17. The molecule has 1 atom stereocenters. The number of benzene rings is 1. The average Bonchev–Trinajstić information content (AvgIpc) is 3.32. The molecule has 1 N–H and O–H groups in total. The number of nitrogens with one attached hydrogen (secondary N) is 1. The van der Waals surface area contributed by atoms with Gasteiger partial charge in [-0.2, -0.15) is 4.37 Å². The van der Waals surface area contributed by atoms with Gasteiger partial charge in [0.1, 0.15) is 24.6 Å². The zero-order valence-corrected chi connectivity index (χ0v) is 17.9. The summed E-state index contributed by atoms with van der Waals surface area (Å²) in [5, 5.41) is 2.92. The lowest BCUT2D eigenvalue weighted by atomic mass is 9.94. The van der Waals surface area contributed by atoms with E-state index in [-0.39, 0.29) is 12.8 Å². The van der Waals surface area contributed by atoms with Crippen LogP contribution in [-0.4, -0.2) is 63.2 Å². The number of rotatable bonds is 4. The minimum absolute atomic E-state index is 0.0966. The molecule has 3 aliphatic heterocycles. The molecular weight excluding hydrogens is 429 g/mol. The highest BCUT2D eigenvalue weighted by molar-refractivity contribution is 7.05. The summed E-state index contributed by atoms with van der Waals surface area (Å²) in [6.45, 7) is 0.926. The van der Waals surface area contributed by atoms with E-state index in [0.29, 0.717) is 53.5 Å². The van der Waals surface area contributed by atoms with Crippen LogP contribution in [0.2, 0.25) is 0 Å². The summed E-state index contributed by atoms with van der Waals surface area (Å²) in [4.78, 5) is 57.4. The zero-order valence-electron chi connectivity index (χ0n) is 17.0. The van der Waals surface area contributed by atoms with Crippen LogP contribution in [-0.2, 0) is 25.7 Å². The van der Waals surface area contributed by atoms with E-state index >= 15 is 0 Å². The summed E-state index contributed by atoms with van der Waals surface area (Å²) in [5.74, 6) is -1.37. The van der Waals surface area contributed by atoms with Crippen LogP contribution in [0.1, 0.15) is 30.7 Å². The molecule has 5 rings (SSSR count). The number of amides is 4. The molecule has 1 saturated heterocycles. The fraction of sp³-hybridized carbons (Fsp3) is 0.333. The van der Waals surface area contributed by atoms with E-state index in [2.05, 4.69) is 14.7 Å². The van der Waals surface area contributed by atoms with Crippen molar-refractivity contribution in [3.8, 4) is 11.4 Å². The van der Waals surface area contributed by atoms with Crippen molar-refractivity contribution in [1.29, 1.82) is 0 Å². The third kappa shape index (κ3) is 3.52. The maximum absolute atomic E-state index is 13.2. The largest absolute Gasteiger partial charge is 0.360 e. The van der Waals surface area contributed by atoms with Crippen molar-refractivity contribution in [3.05, 3.63) is 40.5 Å². The first-order valence-corrected chi connectivity index (χ1v) is 11.1. The molecule has 0 aliphatic carbocycles. The summed E-state index contributed by atoms with van der Waals surface area (Å²) in [7, 11) is 5.84. The Labute approximate surface area is 189 Å². The van der Waals surface area contributed by atoms with Crippen LogP contribution in [0.15, 0.2) is 35.5 Å². The Balaban J connectivity index is 1.38. The van der Waals surface area contributed by atoms with Gasteiger partial charge in [-0.15, -0.1) is 0 Å². The van der Waals surface area contributed by atoms with Crippen LogP contribution < -0.4 is 10.8 Å². The van der Waals surface area contributed by atoms with Gasteiger partial charge in [0.2, 0.25) is 11.8 Å². The van der Waals surface area contributed by atoms with Crippen LogP contribution in [0, 0.1) is 0 Å². The number of imide groups is 2. The molecule has 4 amide bonds. The molecule has 160 valence electrons. The van der Waals surface area contributed by atoms with Gasteiger partial charge in [0.15, 0.2) is 5.82 Å². The van der Waals surface area contributed by atoms with Crippen LogP contribution >= 0.6 is 11.5 Å². The molecule has 11 heteroatoms. The summed E-state index contributed by atoms with van der Waals surface area (Å²) in [6, 6.07) is 6.33. The Kier molecular flexibility index (Phi) is 5.12. The Morgan fingerprint density at radius 3 is 2.78 bits per heavy atom. The monoisotopic (exact) mass is 447 g/mol. The number of carbonyl (C=O) groups excluding carboxylic acids is 4. The third-order valence-corrected chi connectivity index (χ3v) is 6.51. The van der Waals surface area contributed by atoms with Crippen LogP contribution in [0.3, 0.4) is 0 Å². The summed E-state index contributed by atoms with van der Waals surface area (Å²) in [6.07, 6.45) is 1.43. The van der Waals surface area contributed by atoms with Gasteiger partial charge in [-0.3, -0.25) is 29.4 Å². The van der Waals surface area contributed by atoms with Gasteiger partial charge < -0.3 is 4.90 Å². The van der Waals surface area contributed by atoms with Crippen molar-refractivity contribution in [2.75, 3.05) is 6.54 Å². The quantitative estimate of drug-likeness (QED) is 0.520. The lowest BCUT2D eigenvalue weighted by Crippen LogP contribution is -2.55. The fourth-order valence-corrected chi connectivity index (χ4v) is 5.02. The molecule has 2 radical (unpaired) electrons. The highest BCUT2D eigenvalue weighted by Crippen LogP contribution is 2.35.